The van der Waals surface area contributed by atoms with Gasteiger partial charge in [-0.25, -0.2) is 4.98 Å². The molecule has 1 aromatic heterocycles. The van der Waals surface area contributed by atoms with Gasteiger partial charge in [0.05, 0.1) is 0 Å². The van der Waals surface area contributed by atoms with Crippen LogP contribution in [-0.2, 0) is 0 Å². The van der Waals surface area contributed by atoms with Crippen LogP contribution < -0.4 is 10.6 Å². The molecule has 0 unspecified atom stereocenters. The van der Waals surface area contributed by atoms with Gasteiger partial charge in [0.1, 0.15) is 5.82 Å². The Kier molecular flexibility index (Phi) is 5.36. The topological polar surface area (TPSA) is 37.0 Å². The van der Waals surface area contributed by atoms with Crippen molar-refractivity contribution in [1.82, 2.24) is 10.3 Å². The van der Waals surface area contributed by atoms with Gasteiger partial charge < -0.3 is 10.6 Å². The molecule has 0 aromatic carbocycles. The Morgan fingerprint density at radius 2 is 2.07 bits per heavy atom. The van der Waals surface area contributed by atoms with Crippen molar-refractivity contribution in [2.75, 3.05) is 18.4 Å². The molecule has 2 rings (SSSR count). The molecular formula is C10H15BrClN3. The van der Waals surface area contributed by atoms with Crippen LogP contribution in [0.1, 0.15) is 12.8 Å². The fraction of sp³-hybridized carbons (Fsp3) is 0.500. The second-order valence-electron chi connectivity index (χ2n) is 3.53. The predicted molar refractivity (Wildman–Crippen MR) is 68.7 cm³/mol. The third kappa shape index (κ3) is 3.97. The average Bonchev–Trinajstić information content (AvgIpc) is 2.23. The van der Waals surface area contributed by atoms with Crippen molar-refractivity contribution < 1.29 is 0 Å². The Balaban J connectivity index is 0.00000112. The molecule has 1 saturated heterocycles. The van der Waals surface area contributed by atoms with E-state index in [1.54, 1.807) is 0 Å². The normalized spacial score (nSPS) is 16.9. The maximum atomic E-state index is 4.29. The molecule has 2 N–H and O–H groups in total. The van der Waals surface area contributed by atoms with Crippen LogP contribution in [0.15, 0.2) is 22.8 Å². The SMILES string of the molecule is Brc1ccc(NC2CCNCC2)nc1.Cl. The van der Waals surface area contributed by atoms with Crippen LogP contribution in [0.2, 0.25) is 0 Å². The summed E-state index contributed by atoms with van der Waals surface area (Å²) >= 11 is 3.37. The number of piperidine rings is 1. The Morgan fingerprint density at radius 3 is 2.67 bits per heavy atom. The van der Waals surface area contributed by atoms with Gasteiger partial charge in [-0.3, -0.25) is 0 Å². The number of halogens is 2. The Bertz CT molecular complexity index is 285. The van der Waals surface area contributed by atoms with Gasteiger partial charge in [-0.1, -0.05) is 0 Å². The summed E-state index contributed by atoms with van der Waals surface area (Å²) < 4.78 is 1.02. The molecule has 0 atom stereocenters. The lowest BCUT2D eigenvalue weighted by molar-refractivity contribution is 0.478. The monoisotopic (exact) mass is 291 g/mol. The van der Waals surface area contributed by atoms with Gasteiger partial charge in [-0.2, -0.15) is 0 Å². The molecule has 0 saturated carbocycles. The van der Waals surface area contributed by atoms with Crippen LogP contribution in [0.25, 0.3) is 0 Å². The van der Waals surface area contributed by atoms with Crippen LogP contribution in [0, 0.1) is 0 Å². The highest BCUT2D eigenvalue weighted by Gasteiger charge is 2.12. The molecule has 5 heteroatoms. The number of nitrogens with zero attached hydrogens (tertiary/aromatic N) is 1. The van der Waals surface area contributed by atoms with Gasteiger partial charge in [-0.05, 0) is 54.0 Å². The summed E-state index contributed by atoms with van der Waals surface area (Å²) in [5.41, 5.74) is 0. The number of hydrogen-bond acceptors (Lipinski definition) is 3. The Morgan fingerprint density at radius 1 is 1.33 bits per heavy atom. The summed E-state index contributed by atoms with van der Waals surface area (Å²) in [6.07, 6.45) is 4.18. The second-order valence-corrected chi connectivity index (χ2v) is 4.45. The lowest BCUT2D eigenvalue weighted by atomic mass is 10.1. The van der Waals surface area contributed by atoms with Crippen LogP contribution in [0.3, 0.4) is 0 Å². The van der Waals surface area contributed by atoms with Gasteiger partial charge in [0, 0.05) is 16.7 Å². The minimum atomic E-state index is 0. The van der Waals surface area contributed by atoms with E-state index in [4.69, 9.17) is 0 Å². The average molecular weight is 293 g/mol. The van der Waals surface area contributed by atoms with Crippen molar-refractivity contribution in [3.63, 3.8) is 0 Å². The van der Waals surface area contributed by atoms with E-state index in [-0.39, 0.29) is 12.4 Å². The first kappa shape index (κ1) is 12.7. The summed E-state index contributed by atoms with van der Waals surface area (Å²) in [6.45, 7) is 2.21. The molecule has 1 aliphatic heterocycles. The standard InChI is InChI=1S/C10H14BrN3.ClH/c11-8-1-2-10(13-7-8)14-9-3-5-12-6-4-9;/h1-2,7,9,12H,3-6H2,(H,13,14);1H. The highest BCUT2D eigenvalue weighted by Crippen LogP contribution is 2.13. The minimum absolute atomic E-state index is 0. The van der Waals surface area contributed by atoms with Gasteiger partial charge in [-0.15, -0.1) is 12.4 Å². The molecule has 1 fully saturated rings. The summed E-state index contributed by atoms with van der Waals surface area (Å²) in [4.78, 5) is 4.29. The van der Waals surface area contributed by atoms with Crippen molar-refractivity contribution in [2.45, 2.75) is 18.9 Å². The molecule has 1 aliphatic rings. The predicted octanol–water partition coefficient (Wildman–Crippen LogP) is 2.43. The lowest BCUT2D eigenvalue weighted by Gasteiger charge is -2.24. The smallest absolute Gasteiger partial charge is 0.126 e. The van der Waals surface area contributed by atoms with Gasteiger partial charge in [0.2, 0.25) is 0 Å². The molecule has 0 bridgehead atoms. The third-order valence-electron chi connectivity index (χ3n) is 2.42. The second kappa shape index (κ2) is 6.30. The molecule has 0 amide bonds. The van der Waals surface area contributed by atoms with Crippen LogP contribution in [0.4, 0.5) is 5.82 Å². The quantitative estimate of drug-likeness (QED) is 0.879. The number of pyridine rings is 1. The van der Waals surface area contributed by atoms with Crippen molar-refractivity contribution in [3.05, 3.63) is 22.8 Å². The largest absolute Gasteiger partial charge is 0.367 e. The molecule has 84 valence electrons. The van der Waals surface area contributed by atoms with E-state index in [1.807, 2.05) is 18.3 Å². The molecule has 2 heterocycles. The van der Waals surface area contributed by atoms with E-state index in [0.29, 0.717) is 6.04 Å². The van der Waals surface area contributed by atoms with E-state index in [9.17, 15) is 0 Å². The zero-order chi connectivity index (χ0) is 9.80. The lowest BCUT2D eigenvalue weighted by Crippen LogP contribution is -2.35. The van der Waals surface area contributed by atoms with Crippen LogP contribution >= 0.6 is 28.3 Å². The van der Waals surface area contributed by atoms with Crippen molar-refractivity contribution in [2.24, 2.45) is 0 Å². The van der Waals surface area contributed by atoms with Gasteiger partial charge >= 0.3 is 0 Å². The molecule has 3 nitrogen and oxygen atoms in total. The number of rotatable bonds is 2. The zero-order valence-electron chi connectivity index (χ0n) is 8.37. The number of anilines is 1. The van der Waals surface area contributed by atoms with Gasteiger partial charge in [0.15, 0.2) is 0 Å². The molecule has 15 heavy (non-hydrogen) atoms. The first-order chi connectivity index (χ1) is 6.84. The first-order valence-electron chi connectivity index (χ1n) is 4.93. The maximum Gasteiger partial charge on any atom is 0.126 e. The number of hydrogen-bond donors (Lipinski definition) is 2. The Hall–Kier alpha value is -0.320. The fourth-order valence-corrected chi connectivity index (χ4v) is 1.87. The van der Waals surface area contributed by atoms with Crippen LogP contribution in [0.5, 0.6) is 0 Å². The van der Waals surface area contributed by atoms with Crippen molar-refractivity contribution in [1.29, 1.82) is 0 Å². The summed E-state index contributed by atoms with van der Waals surface area (Å²) in [6, 6.07) is 4.59. The highest BCUT2D eigenvalue weighted by molar-refractivity contribution is 9.10. The van der Waals surface area contributed by atoms with Gasteiger partial charge in [0.25, 0.3) is 0 Å². The third-order valence-corrected chi connectivity index (χ3v) is 2.89. The van der Waals surface area contributed by atoms with E-state index in [0.717, 1.165) is 23.4 Å². The zero-order valence-corrected chi connectivity index (χ0v) is 10.8. The minimum Gasteiger partial charge on any atom is -0.367 e. The summed E-state index contributed by atoms with van der Waals surface area (Å²) in [5.74, 6) is 0.972. The van der Waals surface area contributed by atoms with E-state index >= 15 is 0 Å². The number of aromatic nitrogens is 1. The Labute approximate surface area is 105 Å². The summed E-state index contributed by atoms with van der Waals surface area (Å²) in [7, 11) is 0. The maximum absolute atomic E-state index is 4.29. The molecular weight excluding hydrogens is 277 g/mol. The molecule has 0 spiro atoms. The van der Waals surface area contributed by atoms with Crippen LogP contribution in [-0.4, -0.2) is 24.1 Å². The fourth-order valence-electron chi connectivity index (χ4n) is 1.64. The molecule has 0 radical (unpaired) electrons. The summed E-state index contributed by atoms with van der Waals surface area (Å²) in [5, 5.41) is 6.78. The number of nitrogens with one attached hydrogen (secondary N) is 2. The van der Waals surface area contributed by atoms with E-state index in [1.165, 1.54) is 12.8 Å². The van der Waals surface area contributed by atoms with E-state index in [2.05, 4.69) is 31.5 Å². The molecule has 1 aromatic rings. The molecule has 0 aliphatic carbocycles. The first-order valence-corrected chi connectivity index (χ1v) is 5.73. The van der Waals surface area contributed by atoms with Crippen molar-refractivity contribution >= 4 is 34.2 Å². The van der Waals surface area contributed by atoms with Crippen molar-refractivity contribution in [3.8, 4) is 0 Å². The highest BCUT2D eigenvalue weighted by atomic mass is 79.9. The van der Waals surface area contributed by atoms with E-state index < -0.39 is 0 Å².